The quantitative estimate of drug-likeness (QED) is 0.615. The highest BCUT2D eigenvalue weighted by molar-refractivity contribution is 6.34. The molecule has 0 amide bonds. The van der Waals surface area contributed by atoms with Crippen LogP contribution in [0.4, 0.5) is 0 Å². The van der Waals surface area contributed by atoms with E-state index in [0.29, 0.717) is 5.92 Å². The predicted octanol–water partition coefficient (Wildman–Crippen LogP) is 2.25. The third-order valence-corrected chi connectivity index (χ3v) is 5.46. The van der Waals surface area contributed by atoms with Crippen LogP contribution in [0.3, 0.4) is 0 Å². The first-order chi connectivity index (χ1) is 6.16. The lowest BCUT2D eigenvalue weighted by molar-refractivity contribution is 0.314. The molecule has 0 fully saturated rings. The number of hydrogen-bond acceptors (Lipinski definition) is 2. The first kappa shape index (κ1) is 12.7. The van der Waals surface area contributed by atoms with E-state index in [0.717, 1.165) is 19.4 Å². The molecule has 3 heteroatoms. The first-order valence-corrected chi connectivity index (χ1v) is 6.44. The molecule has 0 radical (unpaired) electrons. The summed E-state index contributed by atoms with van der Waals surface area (Å²) in [7, 11) is -0.701. The summed E-state index contributed by atoms with van der Waals surface area (Å²) in [6.07, 6.45) is 2.01. The van der Waals surface area contributed by atoms with Crippen molar-refractivity contribution >= 4 is 9.76 Å². The van der Waals surface area contributed by atoms with Crippen molar-refractivity contribution in [3.8, 4) is 6.07 Å². The van der Waals surface area contributed by atoms with E-state index in [1.807, 2.05) is 6.92 Å². The Morgan fingerprint density at radius 3 is 2.38 bits per heavy atom. The lowest BCUT2D eigenvalue weighted by Gasteiger charge is -2.30. The second-order valence-electron chi connectivity index (χ2n) is 3.57. The van der Waals surface area contributed by atoms with Gasteiger partial charge in [0.05, 0.1) is 11.1 Å². The van der Waals surface area contributed by atoms with Crippen LogP contribution in [0.5, 0.6) is 0 Å². The van der Waals surface area contributed by atoms with Crippen LogP contribution in [-0.2, 0) is 4.43 Å². The zero-order valence-electron chi connectivity index (χ0n) is 9.26. The molecule has 0 bridgehead atoms. The predicted molar refractivity (Wildman–Crippen MR) is 58.2 cm³/mol. The Morgan fingerprint density at radius 2 is 2.08 bits per heavy atom. The Bertz CT molecular complexity index is 178. The standard InChI is InChI=1S/C10H21NOSi/c1-5-9(4)10(6-2,8-11)13-12-7-3/h9H,5-7,13H2,1-4H3. The van der Waals surface area contributed by atoms with Crippen LogP contribution in [0.15, 0.2) is 0 Å². The monoisotopic (exact) mass is 199 g/mol. The molecule has 0 saturated carbocycles. The van der Waals surface area contributed by atoms with Gasteiger partial charge in [-0.15, -0.1) is 0 Å². The summed E-state index contributed by atoms with van der Waals surface area (Å²) in [4.78, 5) is 0. The van der Waals surface area contributed by atoms with Gasteiger partial charge >= 0.3 is 0 Å². The lowest BCUT2D eigenvalue weighted by Crippen LogP contribution is -2.27. The Morgan fingerprint density at radius 1 is 1.46 bits per heavy atom. The van der Waals surface area contributed by atoms with Gasteiger partial charge in [-0.3, -0.25) is 0 Å². The highest BCUT2D eigenvalue weighted by Crippen LogP contribution is 2.39. The Balaban J connectivity index is 4.42. The molecule has 0 N–H and O–H groups in total. The van der Waals surface area contributed by atoms with E-state index in [2.05, 4.69) is 26.8 Å². The number of nitrogens with zero attached hydrogens (tertiary/aromatic N) is 1. The molecular weight excluding hydrogens is 178 g/mol. The summed E-state index contributed by atoms with van der Waals surface area (Å²) in [5.41, 5.74) is 0. The lowest BCUT2D eigenvalue weighted by atomic mass is 9.89. The van der Waals surface area contributed by atoms with Crippen LogP contribution in [0, 0.1) is 17.2 Å². The van der Waals surface area contributed by atoms with E-state index in [4.69, 9.17) is 4.43 Å². The van der Waals surface area contributed by atoms with Crippen molar-refractivity contribution in [2.24, 2.45) is 5.92 Å². The van der Waals surface area contributed by atoms with E-state index in [-0.39, 0.29) is 5.04 Å². The van der Waals surface area contributed by atoms with Gasteiger partial charge in [-0.2, -0.15) is 5.26 Å². The summed E-state index contributed by atoms with van der Waals surface area (Å²) >= 11 is 0. The van der Waals surface area contributed by atoms with Crippen molar-refractivity contribution in [2.75, 3.05) is 6.61 Å². The van der Waals surface area contributed by atoms with Gasteiger partial charge in [0.25, 0.3) is 0 Å². The maximum Gasteiger partial charge on any atom is 0.181 e. The third-order valence-electron chi connectivity index (χ3n) is 2.97. The smallest absolute Gasteiger partial charge is 0.181 e. The number of nitriles is 1. The summed E-state index contributed by atoms with van der Waals surface area (Å²) in [6.45, 7) is 9.17. The van der Waals surface area contributed by atoms with Crippen LogP contribution in [0.2, 0.25) is 5.04 Å². The molecule has 13 heavy (non-hydrogen) atoms. The molecule has 0 aliphatic heterocycles. The summed E-state index contributed by atoms with van der Waals surface area (Å²) < 4.78 is 5.52. The van der Waals surface area contributed by atoms with Crippen LogP contribution in [0.1, 0.15) is 40.5 Å². The molecular formula is C10H21NOSi. The number of rotatable bonds is 6. The second kappa shape index (κ2) is 6.17. The molecule has 0 aliphatic rings. The Labute approximate surface area is 84.2 Å². The highest BCUT2D eigenvalue weighted by Gasteiger charge is 2.34. The molecule has 0 aromatic heterocycles. The van der Waals surface area contributed by atoms with Crippen LogP contribution in [0.25, 0.3) is 0 Å². The molecule has 0 saturated heterocycles. The van der Waals surface area contributed by atoms with Gasteiger partial charge in [-0.05, 0) is 19.3 Å². The first-order valence-electron chi connectivity index (χ1n) is 5.15. The fourth-order valence-electron chi connectivity index (χ4n) is 1.49. The van der Waals surface area contributed by atoms with Crippen molar-refractivity contribution in [1.82, 2.24) is 0 Å². The molecule has 2 nitrogen and oxygen atoms in total. The van der Waals surface area contributed by atoms with Crippen molar-refractivity contribution < 1.29 is 4.43 Å². The average Bonchev–Trinajstić information content (AvgIpc) is 2.19. The van der Waals surface area contributed by atoms with Crippen molar-refractivity contribution in [3.05, 3.63) is 0 Å². The van der Waals surface area contributed by atoms with Crippen molar-refractivity contribution in [2.45, 2.75) is 45.6 Å². The average molecular weight is 199 g/mol. The molecule has 0 heterocycles. The van der Waals surface area contributed by atoms with Crippen LogP contribution in [-0.4, -0.2) is 16.4 Å². The van der Waals surface area contributed by atoms with Crippen LogP contribution >= 0.6 is 0 Å². The van der Waals surface area contributed by atoms with Gasteiger partial charge in [0, 0.05) is 6.61 Å². The van der Waals surface area contributed by atoms with Crippen molar-refractivity contribution in [3.63, 3.8) is 0 Å². The molecule has 2 atom stereocenters. The zero-order chi connectivity index (χ0) is 10.3. The highest BCUT2D eigenvalue weighted by atomic mass is 28.2. The summed E-state index contributed by atoms with van der Waals surface area (Å²) in [5.74, 6) is 0.473. The molecule has 0 spiro atoms. The van der Waals surface area contributed by atoms with Gasteiger partial charge in [0.2, 0.25) is 0 Å². The molecule has 0 aromatic rings. The SMILES string of the molecule is CCO[SiH2]C(C#N)(CC)C(C)CC. The van der Waals surface area contributed by atoms with Crippen LogP contribution < -0.4 is 0 Å². The fraction of sp³-hybridized carbons (Fsp3) is 0.900. The molecule has 0 aliphatic carbocycles. The minimum atomic E-state index is -0.701. The summed E-state index contributed by atoms with van der Waals surface area (Å²) in [6, 6.07) is 2.49. The Hall–Kier alpha value is -0.333. The van der Waals surface area contributed by atoms with Crippen molar-refractivity contribution in [1.29, 1.82) is 5.26 Å². The maximum absolute atomic E-state index is 9.21. The third kappa shape index (κ3) is 3.13. The molecule has 2 unspecified atom stereocenters. The normalized spacial score (nSPS) is 18.4. The van der Waals surface area contributed by atoms with Gasteiger partial charge < -0.3 is 4.43 Å². The van der Waals surface area contributed by atoms with Gasteiger partial charge in [0.1, 0.15) is 0 Å². The maximum atomic E-state index is 9.21. The van der Waals surface area contributed by atoms with E-state index in [1.165, 1.54) is 0 Å². The van der Waals surface area contributed by atoms with E-state index < -0.39 is 9.76 Å². The minimum Gasteiger partial charge on any atom is -0.423 e. The van der Waals surface area contributed by atoms with E-state index >= 15 is 0 Å². The van der Waals surface area contributed by atoms with E-state index in [1.54, 1.807) is 0 Å². The zero-order valence-corrected chi connectivity index (χ0v) is 10.7. The minimum absolute atomic E-state index is 0.134. The molecule has 0 rings (SSSR count). The van der Waals surface area contributed by atoms with Gasteiger partial charge in [-0.1, -0.05) is 27.2 Å². The fourth-order valence-corrected chi connectivity index (χ4v) is 2.90. The van der Waals surface area contributed by atoms with E-state index in [9.17, 15) is 5.26 Å². The largest absolute Gasteiger partial charge is 0.423 e. The van der Waals surface area contributed by atoms with Gasteiger partial charge in [-0.25, -0.2) is 0 Å². The second-order valence-corrected chi connectivity index (χ2v) is 5.53. The number of hydrogen-bond donors (Lipinski definition) is 0. The molecule has 0 aromatic carbocycles. The van der Waals surface area contributed by atoms with Gasteiger partial charge in [0.15, 0.2) is 9.76 Å². The molecule has 76 valence electrons. The summed E-state index contributed by atoms with van der Waals surface area (Å²) in [5, 5.41) is 9.08. The Kier molecular flexibility index (Phi) is 6.01. The topological polar surface area (TPSA) is 33.0 Å².